The van der Waals surface area contributed by atoms with Crippen LogP contribution in [-0.4, -0.2) is 18.6 Å². The Labute approximate surface area is 156 Å². The van der Waals surface area contributed by atoms with Crippen LogP contribution in [0.15, 0.2) is 42.5 Å². The van der Waals surface area contributed by atoms with Crippen LogP contribution in [0.25, 0.3) is 0 Å². The minimum absolute atomic E-state index is 0.188. The zero-order valence-corrected chi connectivity index (χ0v) is 16.3. The molecule has 1 N–H and O–H groups in total. The van der Waals surface area contributed by atoms with Crippen LogP contribution < -0.4 is 14.8 Å². The molecule has 0 spiro atoms. The normalized spacial score (nSPS) is 11.9. The zero-order chi connectivity index (χ0) is 19.1. The molecule has 4 nitrogen and oxygen atoms in total. The van der Waals surface area contributed by atoms with Gasteiger partial charge in [-0.15, -0.1) is 0 Å². The summed E-state index contributed by atoms with van der Waals surface area (Å²) in [6, 6.07) is 13.4. The number of aryl methyl sites for hydroxylation is 2. The Morgan fingerprint density at radius 1 is 1.04 bits per heavy atom. The molecule has 0 aliphatic heterocycles. The molecule has 140 valence electrons. The van der Waals surface area contributed by atoms with Crippen LogP contribution in [0.3, 0.4) is 0 Å². The zero-order valence-electron chi connectivity index (χ0n) is 16.3. The average Bonchev–Trinajstić information content (AvgIpc) is 2.58. The molecule has 1 amide bonds. The number of para-hydroxylation sites is 1. The monoisotopic (exact) mass is 355 g/mol. The Morgan fingerprint density at radius 3 is 2.35 bits per heavy atom. The van der Waals surface area contributed by atoms with Gasteiger partial charge in [-0.3, -0.25) is 4.79 Å². The van der Waals surface area contributed by atoms with E-state index in [0.717, 1.165) is 29.0 Å². The third kappa shape index (κ3) is 5.80. The van der Waals surface area contributed by atoms with E-state index in [1.54, 1.807) is 6.92 Å². The quantitative estimate of drug-likeness (QED) is 0.714. The van der Waals surface area contributed by atoms with Crippen LogP contribution in [0.1, 0.15) is 38.3 Å². The number of carbonyl (C=O) groups excluding carboxylic acids is 1. The van der Waals surface area contributed by atoms with E-state index in [9.17, 15) is 4.79 Å². The predicted molar refractivity (Wildman–Crippen MR) is 106 cm³/mol. The first-order valence-electron chi connectivity index (χ1n) is 9.13. The van der Waals surface area contributed by atoms with Gasteiger partial charge >= 0.3 is 0 Å². The second-order valence-corrected chi connectivity index (χ2v) is 7.03. The molecule has 26 heavy (non-hydrogen) atoms. The Hall–Kier alpha value is -2.49. The molecule has 2 aromatic rings. The average molecular weight is 355 g/mol. The van der Waals surface area contributed by atoms with Gasteiger partial charge in [0.15, 0.2) is 6.10 Å². The molecule has 0 aliphatic rings. The van der Waals surface area contributed by atoms with Gasteiger partial charge in [-0.05, 0) is 56.4 Å². The van der Waals surface area contributed by atoms with Gasteiger partial charge in [0.05, 0.1) is 6.61 Å². The summed E-state index contributed by atoms with van der Waals surface area (Å²) in [6.45, 7) is 10.7. The maximum absolute atomic E-state index is 12.5. The van der Waals surface area contributed by atoms with Crippen LogP contribution in [0, 0.1) is 19.8 Å². The topological polar surface area (TPSA) is 47.6 Å². The Kier molecular flexibility index (Phi) is 7.07. The molecule has 0 aliphatic carbocycles. The summed E-state index contributed by atoms with van der Waals surface area (Å²) in [5.41, 5.74) is 2.74. The maximum atomic E-state index is 12.5. The fraction of sp³-hybridized carbons (Fsp3) is 0.409. The smallest absolute Gasteiger partial charge is 0.265 e. The minimum Gasteiger partial charge on any atom is -0.494 e. The lowest BCUT2D eigenvalue weighted by atomic mass is 10.1. The number of amides is 1. The number of hydrogen-bond acceptors (Lipinski definition) is 3. The van der Waals surface area contributed by atoms with Crippen molar-refractivity contribution in [2.45, 2.75) is 47.1 Å². The summed E-state index contributed by atoms with van der Waals surface area (Å²) in [4.78, 5) is 12.5. The highest BCUT2D eigenvalue weighted by Gasteiger charge is 2.17. The predicted octanol–water partition coefficient (Wildman–Crippen LogP) is 5.13. The highest BCUT2D eigenvalue weighted by Crippen LogP contribution is 2.24. The van der Waals surface area contributed by atoms with E-state index in [1.807, 2.05) is 56.3 Å². The fourth-order valence-corrected chi connectivity index (χ4v) is 2.54. The third-order valence-electron chi connectivity index (χ3n) is 4.14. The van der Waals surface area contributed by atoms with Crippen molar-refractivity contribution in [3.8, 4) is 11.5 Å². The fourth-order valence-electron chi connectivity index (χ4n) is 2.54. The van der Waals surface area contributed by atoms with Gasteiger partial charge in [-0.25, -0.2) is 0 Å². The molecule has 0 radical (unpaired) electrons. The molecular weight excluding hydrogens is 326 g/mol. The van der Waals surface area contributed by atoms with Crippen molar-refractivity contribution in [1.29, 1.82) is 0 Å². The Morgan fingerprint density at radius 2 is 1.69 bits per heavy atom. The minimum atomic E-state index is -0.597. The largest absolute Gasteiger partial charge is 0.494 e. The third-order valence-corrected chi connectivity index (χ3v) is 4.14. The van der Waals surface area contributed by atoms with Crippen molar-refractivity contribution >= 4 is 11.6 Å². The summed E-state index contributed by atoms with van der Waals surface area (Å²) >= 11 is 0. The van der Waals surface area contributed by atoms with E-state index in [4.69, 9.17) is 9.47 Å². The van der Waals surface area contributed by atoms with E-state index < -0.39 is 6.10 Å². The van der Waals surface area contributed by atoms with Gasteiger partial charge in [0.1, 0.15) is 11.5 Å². The van der Waals surface area contributed by atoms with E-state index in [0.29, 0.717) is 18.2 Å². The molecular formula is C22H29NO3. The molecule has 1 atom stereocenters. The van der Waals surface area contributed by atoms with Gasteiger partial charge in [0.25, 0.3) is 5.91 Å². The second kappa shape index (κ2) is 9.27. The van der Waals surface area contributed by atoms with E-state index in [1.165, 1.54) is 0 Å². The lowest BCUT2D eigenvalue weighted by Gasteiger charge is -2.18. The van der Waals surface area contributed by atoms with Gasteiger partial charge < -0.3 is 14.8 Å². The van der Waals surface area contributed by atoms with Gasteiger partial charge in [-0.1, -0.05) is 38.1 Å². The van der Waals surface area contributed by atoms with Crippen molar-refractivity contribution in [3.63, 3.8) is 0 Å². The number of nitrogens with one attached hydrogen (secondary N) is 1. The number of hydrogen-bond donors (Lipinski definition) is 1. The van der Waals surface area contributed by atoms with E-state index in [2.05, 4.69) is 19.2 Å². The van der Waals surface area contributed by atoms with Crippen molar-refractivity contribution in [3.05, 3.63) is 53.6 Å². The molecule has 0 fully saturated rings. The summed E-state index contributed by atoms with van der Waals surface area (Å²) in [6.07, 6.45) is 0.400. The highest BCUT2D eigenvalue weighted by molar-refractivity contribution is 5.94. The molecule has 0 heterocycles. The summed E-state index contributed by atoms with van der Waals surface area (Å²) < 4.78 is 11.6. The number of benzene rings is 2. The van der Waals surface area contributed by atoms with E-state index >= 15 is 0 Å². The van der Waals surface area contributed by atoms with Crippen molar-refractivity contribution in [2.24, 2.45) is 5.92 Å². The Balaban J connectivity index is 1.96. The summed E-state index contributed by atoms with van der Waals surface area (Å²) in [5, 5.41) is 2.90. The van der Waals surface area contributed by atoms with Crippen molar-refractivity contribution < 1.29 is 14.3 Å². The van der Waals surface area contributed by atoms with Gasteiger partial charge in [-0.2, -0.15) is 0 Å². The van der Waals surface area contributed by atoms with E-state index in [-0.39, 0.29) is 5.91 Å². The number of carbonyl (C=O) groups is 1. The van der Waals surface area contributed by atoms with Crippen molar-refractivity contribution in [1.82, 2.24) is 0 Å². The number of ether oxygens (including phenoxy) is 2. The maximum Gasteiger partial charge on any atom is 0.265 e. The molecule has 0 bridgehead atoms. The van der Waals surface area contributed by atoms with Crippen LogP contribution in [0.4, 0.5) is 5.69 Å². The lowest BCUT2D eigenvalue weighted by molar-refractivity contribution is -0.122. The molecule has 1 unspecified atom stereocenters. The SMILES string of the molecule is Cc1cccc(C)c1OC(C)C(=O)Nc1cccc(OCCC(C)C)c1. The number of rotatable bonds is 8. The van der Waals surface area contributed by atoms with Crippen LogP contribution >= 0.6 is 0 Å². The van der Waals surface area contributed by atoms with Crippen molar-refractivity contribution in [2.75, 3.05) is 11.9 Å². The number of anilines is 1. The van der Waals surface area contributed by atoms with Crippen LogP contribution in [0.2, 0.25) is 0 Å². The summed E-state index contributed by atoms with van der Waals surface area (Å²) in [7, 11) is 0. The molecule has 4 heteroatoms. The van der Waals surface area contributed by atoms with Gasteiger partial charge in [0, 0.05) is 11.8 Å². The van der Waals surface area contributed by atoms with Crippen LogP contribution in [-0.2, 0) is 4.79 Å². The lowest BCUT2D eigenvalue weighted by Crippen LogP contribution is -2.30. The second-order valence-electron chi connectivity index (χ2n) is 7.03. The first-order chi connectivity index (χ1) is 12.4. The van der Waals surface area contributed by atoms with Gasteiger partial charge in [0.2, 0.25) is 0 Å². The van der Waals surface area contributed by atoms with Crippen LogP contribution in [0.5, 0.6) is 11.5 Å². The first-order valence-corrected chi connectivity index (χ1v) is 9.13. The molecule has 2 rings (SSSR count). The molecule has 2 aromatic carbocycles. The molecule has 0 saturated heterocycles. The Bertz CT molecular complexity index is 720. The molecule has 0 aromatic heterocycles. The first kappa shape index (κ1) is 19.8. The standard InChI is InChI=1S/C22H29NO3/c1-15(2)12-13-25-20-11-7-10-19(14-20)23-22(24)18(5)26-21-16(3)8-6-9-17(21)4/h6-11,14-15,18H,12-13H2,1-5H3,(H,23,24). The summed E-state index contributed by atoms with van der Waals surface area (Å²) in [5.74, 6) is 1.93. The highest BCUT2D eigenvalue weighted by atomic mass is 16.5. The molecule has 0 saturated carbocycles.